The van der Waals surface area contributed by atoms with E-state index in [0.29, 0.717) is 0 Å². The molecule has 14 rings (SSSR count). The highest BCUT2D eigenvalue weighted by molar-refractivity contribution is 7.03. The molecule has 0 fully saturated rings. The normalized spacial score (nSPS) is 12.1. The number of benzene rings is 12. The van der Waals surface area contributed by atoms with Crippen molar-refractivity contribution in [3.05, 3.63) is 310 Å². The number of nitrogens with zero attached hydrogens (tertiary/aromatic N) is 4. The number of anilines is 12. The Kier molecular flexibility index (Phi) is 14.4. The average molecular weight is 1140 g/mol. The number of fused-ring (bicyclic) bond motifs is 4. The third kappa shape index (κ3) is 9.33. The van der Waals surface area contributed by atoms with Crippen molar-refractivity contribution in [3.63, 3.8) is 0 Å². The van der Waals surface area contributed by atoms with E-state index in [1.165, 1.54) is 117 Å². The van der Waals surface area contributed by atoms with Gasteiger partial charge in [0.15, 0.2) is 0 Å². The minimum atomic E-state index is -0.144. The van der Waals surface area contributed by atoms with Gasteiger partial charge in [0, 0.05) is 68.2 Å². The summed E-state index contributed by atoms with van der Waals surface area (Å²) in [5.41, 5.74) is 37.4. The maximum absolute atomic E-state index is 2.67. The van der Waals surface area contributed by atoms with Crippen molar-refractivity contribution in [2.45, 2.75) is 69.2 Å². The van der Waals surface area contributed by atoms with Gasteiger partial charge in [-0.25, -0.2) is 0 Å². The number of rotatable bonds is 12. The first-order chi connectivity index (χ1) is 42.9. The first-order valence-electron chi connectivity index (χ1n) is 31.1. The predicted octanol–water partition coefficient (Wildman–Crippen LogP) is 18.0. The summed E-state index contributed by atoms with van der Waals surface area (Å²) in [6.45, 7) is 23.2. The van der Waals surface area contributed by atoms with Crippen LogP contribution in [0.5, 0.6) is 0 Å². The van der Waals surface area contributed by atoms with Crippen LogP contribution >= 0.6 is 0 Å². The van der Waals surface area contributed by atoms with Crippen LogP contribution in [0.3, 0.4) is 0 Å². The molecule has 0 N–H and O–H groups in total. The Morgan fingerprint density at radius 3 is 0.773 bits per heavy atom. The third-order valence-electron chi connectivity index (χ3n) is 19.9. The summed E-state index contributed by atoms with van der Waals surface area (Å²) in [7, 11) is 0. The van der Waals surface area contributed by atoms with Crippen LogP contribution in [0.4, 0.5) is 68.2 Å². The molecule has 0 saturated heterocycles. The van der Waals surface area contributed by atoms with E-state index in [0.717, 1.165) is 51.2 Å². The van der Waals surface area contributed by atoms with Gasteiger partial charge in [-0.2, -0.15) is 0 Å². The van der Waals surface area contributed by atoms with E-state index < -0.39 is 0 Å². The Bertz CT molecular complexity index is 4200. The molecule has 426 valence electrons. The zero-order valence-electron chi connectivity index (χ0n) is 52.2. The van der Waals surface area contributed by atoms with Gasteiger partial charge in [0.25, 0.3) is 0 Å². The van der Waals surface area contributed by atoms with Crippen LogP contribution in [-0.2, 0) is 0 Å². The molecule has 0 spiro atoms. The zero-order valence-corrected chi connectivity index (χ0v) is 52.2. The molecule has 6 heteroatoms. The number of hydrogen-bond acceptors (Lipinski definition) is 4. The van der Waals surface area contributed by atoms with Gasteiger partial charge in [-0.1, -0.05) is 167 Å². The van der Waals surface area contributed by atoms with E-state index in [1.54, 1.807) is 0 Å². The molecule has 0 aromatic heterocycles. The van der Waals surface area contributed by atoms with Crippen LogP contribution in [0.2, 0.25) is 0 Å². The predicted molar refractivity (Wildman–Crippen MR) is 380 cm³/mol. The van der Waals surface area contributed by atoms with E-state index in [9.17, 15) is 0 Å². The van der Waals surface area contributed by atoms with Crippen LogP contribution in [0, 0.1) is 69.2 Å². The van der Waals surface area contributed by atoms with Crippen molar-refractivity contribution in [2.24, 2.45) is 0 Å². The smallest absolute Gasteiger partial charge is 0.247 e. The molecule has 0 unspecified atom stereocenters. The molecular weight excluding hydrogens is 1060 g/mol. The van der Waals surface area contributed by atoms with Gasteiger partial charge >= 0.3 is 0 Å². The second-order valence-corrected chi connectivity index (χ2v) is 24.3. The van der Waals surface area contributed by atoms with Crippen molar-refractivity contribution in [1.29, 1.82) is 0 Å². The van der Waals surface area contributed by atoms with Gasteiger partial charge in [-0.15, -0.1) is 0 Å². The molecular formula is C82H72B2N4. The van der Waals surface area contributed by atoms with Crippen molar-refractivity contribution in [3.8, 4) is 11.1 Å². The highest BCUT2D eigenvalue weighted by atomic mass is 15.2. The van der Waals surface area contributed by atoms with Gasteiger partial charge in [-0.3, -0.25) is 0 Å². The average Bonchev–Trinajstić information content (AvgIpc) is 0.755. The fourth-order valence-corrected chi connectivity index (χ4v) is 14.6. The maximum Gasteiger partial charge on any atom is 0.247 e. The van der Waals surface area contributed by atoms with Gasteiger partial charge in [-0.05, 0) is 257 Å². The topological polar surface area (TPSA) is 13.0 Å². The Morgan fingerprint density at radius 1 is 0.227 bits per heavy atom. The minimum absolute atomic E-state index is 0.144. The zero-order chi connectivity index (χ0) is 60.5. The Balaban J connectivity index is 1.10. The Morgan fingerprint density at radius 2 is 0.477 bits per heavy atom. The van der Waals surface area contributed by atoms with E-state index in [-0.39, 0.29) is 13.4 Å². The van der Waals surface area contributed by atoms with Crippen molar-refractivity contribution in [1.82, 2.24) is 0 Å². The van der Waals surface area contributed by atoms with Crippen molar-refractivity contribution in [2.75, 3.05) is 19.6 Å². The monoisotopic (exact) mass is 1130 g/mol. The summed E-state index contributed by atoms with van der Waals surface area (Å²) in [6.07, 6.45) is 0. The molecule has 2 aliphatic heterocycles. The summed E-state index contributed by atoms with van der Waals surface area (Å²) < 4.78 is 0. The summed E-state index contributed by atoms with van der Waals surface area (Å²) in [6, 6.07) is 94.1. The van der Waals surface area contributed by atoms with Crippen LogP contribution in [0.15, 0.2) is 255 Å². The van der Waals surface area contributed by atoms with Gasteiger partial charge in [0.2, 0.25) is 13.4 Å². The fourth-order valence-electron chi connectivity index (χ4n) is 14.6. The molecule has 12 aromatic rings. The highest BCUT2D eigenvalue weighted by Gasteiger charge is 2.46. The molecule has 4 nitrogen and oxygen atoms in total. The quantitative estimate of drug-likeness (QED) is 0.113. The molecule has 0 saturated carbocycles. The minimum Gasteiger partial charge on any atom is -0.313 e. The summed E-state index contributed by atoms with van der Waals surface area (Å²) >= 11 is 0. The van der Waals surface area contributed by atoms with Gasteiger partial charge in [0.1, 0.15) is 0 Å². The maximum atomic E-state index is 2.67. The van der Waals surface area contributed by atoms with Crippen molar-refractivity contribution < 1.29 is 0 Å². The lowest BCUT2D eigenvalue weighted by Crippen LogP contribution is -2.66. The molecule has 0 radical (unpaired) electrons. The third-order valence-corrected chi connectivity index (χ3v) is 19.9. The first-order valence-corrected chi connectivity index (χ1v) is 31.1. The lowest BCUT2D eigenvalue weighted by molar-refractivity contribution is 1.19. The Labute approximate surface area is 521 Å². The largest absolute Gasteiger partial charge is 0.313 e. The fraction of sp³-hybridized carbons (Fsp3) is 0.122. The van der Waals surface area contributed by atoms with Crippen LogP contribution in [0.1, 0.15) is 55.6 Å². The highest BCUT2D eigenvalue weighted by Crippen LogP contribution is 2.45. The number of para-hydroxylation sites is 6. The molecule has 0 aliphatic carbocycles. The number of hydrogen-bond donors (Lipinski definition) is 0. The van der Waals surface area contributed by atoms with E-state index in [2.05, 4.69) is 344 Å². The molecule has 2 heterocycles. The second-order valence-electron chi connectivity index (χ2n) is 24.3. The SMILES string of the molecule is Cc1c(C)c(C)c(B2c3cc(N(c4ccccc4)c4ccccc4)ccc3N3c4ccc(N(c5ccccc5)c5ccccc5)cc4B(c4c(C)c(C)c(C)c(C)c4C)c4cc(-c5ccc(N(c6ccccc6)c6ccccc6)cc5)cc2c43)c(C)c1C. The molecule has 0 atom stereocenters. The van der Waals surface area contributed by atoms with Crippen LogP contribution in [-0.4, -0.2) is 13.4 Å². The molecule has 0 amide bonds. The molecule has 0 bridgehead atoms. The van der Waals surface area contributed by atoms with Gasteiger partial charge in [0.05, 0.1) is 0 Å². The second kappa shape index (κ2) is 22.7. The standard InChI is InChI=1S/C82H72B2N4/c1-53-55(3)59(7)80(60(8)56(53)4)83-74-51-72(86(67-33-21-13-22-34-67)68-35-23-14-24-36-68)45-47-78(74)88-79-48-46-73(87(69-37-25-15-26-38-69)70-39-27-16-28-40-70)52-75(79)84(81-61(9)57(5)54(2)58(6)62(81)10)77-50-64(49-76(83)82(77)88)63-41-43-71(44-42-63)85(65-29-17-11-18-30-65)66-31-19-12-20-32-66/h11-52H,1-10H3. The van der Waals surface area contributed by atoms with E-state index in [4.69, 9.17) is 0 Å². The van der Waals surface area contributed by atoms with Crippen molar-refractivity contribution >= 4 is 114 Å². The molecule has 88 heavy (non-hydrogen) atoms. The summed E-state index contributed by atoms with van der Waals surface area (Å²) in [5.74, 6) is 0. The molecule has 12 aromatic carbocycles. The van der Waals surface area contributed by atoms with E-state index >= 15 is 0 Å². The van der Waals surface area contributed by atoms with Gasteiger partial charge < -0.3 is 19.6 Å². The van der Waals surface area contributed by atoms with Crippen LogP contribution < -0.4 is 52.4 Å². The van der Waals surface area contributed by atoms with Crippen LogP contribution in [0.25, 0.3) is 11.1 Å². The Hall–Kier alpha value is -10.0. The lowest BCUT2D eigenvalue weighted by Gasteiger charge is -2.46. The molecule has 2 aliphatic rings. The first kappa shape index (κ1) is 55.8. The summed E-state index contributed by atoms with van der Waals surface area (Å²) in [4.78, 5) is 9.88. The summed E-state index contributed by atoms with van der Waals surface area (Å²) in [5, 5.41) is 0. The van der Waals surface area contributed by atoms with E-state index in [1.807, 2.05) is 0 Å². The lowest BCUT2D eigenvalue weighted by atomic mass is 9.29.